The molecule has 19 heavy (non-hydrogen) atoms. The molecule has 2 rings (SSSR count). The van der Waals surface area contributed by atoms with Crippen molar-refractivity contribution in [3.8, 4) is 0 Å². The van der Waals surface area contributed by atoms with Crippen LogP contribution in [0, 0.1) is 0 Å². The minimum absolute atomic E-state index is 0.0713. The minimum atomic E-state index is 0.0713. The topological polar surface area (TPSA) is 58.6 Å². The highest BCUT2D eigenvalue weighted by atomic mass is 79.9. The Bertz CT molecular complexity index is 634. The predicted molar refractivity (Wildman–Crippen MR) is 82.2 cm³/mol. The van der Waals surface area contributed by atoms with Crippen molar-refractivity contribution < 1.29 is 5.21 Å². The fourth-order valence-electron chi connectivity index (χ4n) is 1.49. The molecule has 0 spiro atoms. The lowest BCUT2D eigenvalue weighted by Crippen LogP contribution is -2.14. The quantitative estimate of drug-likeness (QED) is 0.371. The van der Waals surface area contributed by atoms with E-state index in [0.29, 0.717) is 10.6 Å². The smallest absolute Gasteiger partial charge is 0.171 e. The highest BCUT2D eigenvalue weighted by Crippen LogP contribution is 2.36. The molecule has 0 aliphatic heterocycles. The van der Waals surface area contributed by atoms with E-state index in [1.165, 1.54) is 11.8 Å². The van der Waals surface area contributed by atoms with Gasteiger partial charge in [0, 0.05) is 19.8 Å². The van der Waals surface area contributed by atoms with Gasteiger partial charge in [0.05, 0.1) is 5.02 Å². The summed E-state index contributed by atoms with van der Waals surface area (Å²) in [6.07, 6.45) is 0. The van der Waals surface area contributed by atoms with Gasteiger partial charge in [0.2, 0.25) is 0 Å². The van der Waals surface area contributed by atoms with E-state index >= 15 is 0 Å². The van der Waals surface area contributed by atoms with Crippen LogP contribution in [0.1, 0.15) is 5.56 Å². The van der Waals surface area contributed by atoms with Gasteiger partial charge < -0.3 is 10.9 Å². The van der Waals surface area contributed by atoms with Crippen molar-refractivity contribution in [1.29, 1.82) is 0 Å². The van der Waals surface area contributed by atoms with Gasteiger partial charge in [-0.3, -0.25) is 0 Å². The molecule has 6 heteroatoms. The average Bonchev–Trinajstić information content (AvgIpc) is 2.41. The second-order valence-corrected chi connectivity index (χ2v) is 6.06. The van der Waals surface area contributed by atoms with Crippen LogP contribution in [0.25, 0.3) is 0 Å². The van der Waals surface area contributed by atoms with Crippen molar-refractivity contribution in [3.63, 3.8) is 0 Å². The van der Waals surface area contributed by atoms with Gasteiger partial charge in [-0.1, -0.05) is 56.6 Å². The molecule has 3 nitrogen and oxygen atoms in total. The highest BCUT2D eigenvalue weighted by Gasteiger charge is 2.11. The van der Waals surface area contributed by atoms with Crippen LogP contribution in [0.5, 0.6) is 0 Å². The van der Waals surface area contributed by atoms with Crippen molar-refractivity contribution in [2.45, 2.75) is 9.79 Å². The molecule has 0 atom stereocenters. The molecule has 0 amide bonds. The summed E-state index contributed by atoms with van der Waals surface area (Å²) >= 11 is 11.0. The van der Waals surface area contributed by atoms with E-state index in [1.54, 1.807) is 6.07 Å². The summed E-state index contributed by atoms with van der Waals surface area (Å²) in [7, 11) is 0. The molecule has 0 aliphatic rings. The number of nitrogens with two attached hydrogens (primary N) is 1. The van der Waals surface area contributed by atoms with E-state index in [9.17, 15) is 0 Å². The van der Waals surface area contributed by atoms with Gasteiger partial charge in [-0.05, 0) is 30.3 Å². The normalized spacial score (nSPS) is 11.6. The van der Waals surface area contributed by atoms with Gasteiger partial charge in [-0.2, -0.15) is 0 Å². The molecular weight excluding hydrogens is 348 g/mol. The lowest BCUT2D eigenvalue weighted by atomic mass is 10.2. The zero-order valence-corrected chi connectivity index (χ0v) is 12.8. The number of oxime groups is 1. The molecule has 0 fully saturated rings. The third-order valence-electron chi connectivity index (χ3n) is 2.38. The Morgan fingerprint density at radius 1 is 1.21 bits per heavy atom. The van der Waals surface area contributed by atoms with Gasteiger partial charge in [-0.15, -0.1) is 0 Å². The summed E-state index contributed by atoms with van der Waals surface area (Å²) in [6.45, 7) is 0. The molecule has 3 N–H and O–H groups in total. The number of hydrogen-bond acceptors (Lipinski definition) is 3. The second kappa shape index (κ2) is 6.32. The summed E-state index contributed by atoms with van der Waals surface area (Å²) in [5.41, 5.74) is 6.34. The monoisotopic (exact) mass is 356 g/mol. The minimum Gasteiger partial charge on any atom is -0.409 e. The number of nitrogens with zero attached hydrogens (tertiary/aromatic N) is 1. The van der Waals surface area contributed by atoms with E-state index in [0.717, 1.165) is 14.3 Å². The number of rotatable bonds is 3. The van der Waals surface area contributed by atoms with Crippen LogP contribution in [0.2, 0.25) is 5.02 Å². The highest BCUT2D eigenvalue weighted by molar-refractivity contribution is 9.10. The standard InChI is InChI=1S/C13H10BrClN2OS/c14-8-5-6-9(13(16)17-18)12(7-8)19-11-4-2-1-3-10(11)15/h1-7,18H,(H2,16,17). The Hall–Kier alpha value is -1.17. The maximum absolute atomic E-state index is 8.82. The molecule has 0 radical (unpaired) electrons. The van der Waals surface area contributed by atoms with Gasteiger partial charge in [-0.25, -0.2) is 0 Å². The summed E-state index contributed by atoms with van der Waals surface area (Å²) in [4.78, 5) is 1.77. The number of amidine groups is 1. The average molecular weight is 358 g/mol. The van der Waals surface area contributed by atoms with Gasteiger partial charge in [0.15, 0.2) is 5.84 Å². The fourth-order valence-corrected chi connectivity index (χ4v) is 3.27. The molecule has 0 aliphatic carbocycles. The third-order valence-corrected chi connectivity index (χ3v) is 4.45. The van der Waals surface area contributed by atoms with E-state index in [-0.39, 0.29) is 5.84 Å². The Balaban J connectivity index is 2.44. The predicted octanol–water partition coefficient (Wildman–Crippen LogP) is 4.35. The zero-order chi connectivity index (χ0) is 13.8. The van der Waals surface area contributed by atoms with E-state index < -0.39 is 0 Å². The lowest BCUT2D eigenvalue weighted by molar-refractivity contribution is 0.318. The Labute approximate surface area is 128 Å². The molecule has 98 valence electrons. The molecule has 2 aromatic carbocycles. The molecular formula is C13H10BrClN2OS. The number of halogens is 2. The van der Waals surface area contributed by atoms with Gasteiger partial charge >= 0.3 is 0 Å². The van der Waals surface area contributed by atoms with Crippen LogP contribution < -0.4 is 5.73 Å². The summed E-state index contributed by atoms with van der Waals surface area (Å²) < 4.78 is 0.913. The van der Waals surface area contributed by atoms with E-state index in [1.807, 2.05) is 36.4 Å². The molecule has 0 aromatic heterocycles. The first-order chi connectivity index (χ1) is 9.11. The summed E-state index contributed by atoms with van der Waals surface area (Å²) in [6, 6.07) is 13.1. The SMILES string of the molecule is N/C(=N/O)c1ccc(Br)cc1Sc1ccccc1Cl. The maximum Gasteiger partial charge on any atom is 0.171 e. The Morgan fingerprint density at radius 3 is 2.63 bits per heavy atom. The van der Waals surface area contributed by atoms with Crippen molar-refractivity contribution in [2.75, 3.05) is 0 Å². The van der Waals surface area contributed by atoms with Crippen LogP contribution in [0.4, 0.5) is 0 Å². The second-order valence-electron chi connectivity index (χ2n) is 3.66. The van der Waals surface area contributed by atoms with E-state index in [4.69, 9.17) is 22.5 Å². The van der Waals surface area contributed by atoms with Gasteiger partial charge in [0.25, 0.3) is 0 Å². The molecule has 0 saturated carbocycles. The molecule has 0 bridgehead atoms. The third kappa shape index (κ3) is 3.43. The summed E-state index contributed by atoms with van der Waals surface area (Å²) in [5, 5.41) is 12.5. The van der Waals surface area contributed by atoms with Crippen molar-refractivity contribution in [1.82, 2.24) is 0 Å². The van der Waals surface area contributed by atoms with Crippen LogP contribution in [0.3, 0.4) is 0 Å². The van der Waals surface area contributed by atoms with E-state index in [2.05, 4.69) is 21.1 Å². The van der Waals surface area contributed by atoms with Crippen LogP contribution in [-0.4, -0.2) is 11.0 Å². The largest absolute Gasteiger partial charge is 0.409 e. The molecule has 0 unspecified atom stereocenters. The number of benzene rings is 2. The molecule has 0 heterocycles. The van der Waals surface area contributed by atoms with Crippen LogP contribution in [0.15, 0.2) is 61.9 Å². The fraction of sp³-hybridized carbons (Fsp3) is 0. The zero-order valence-electron chi connectivity index (χ0n) is 9.68. The first kappa shape index (κ1) is 14.2. The van der Waals surface area contributed by atoms with Crippen LogP contribution >= 0.6 is 39.3 Å². The number of hydrogen-bond donors (Lipinski definition) is 2. The maximum atomic E-state index is 8.82. The van der Waals surface area contributed by atoms with Crippen molar-refractivity contribution in [2.24, 2.45) is 10.9 Å². The van der Waals surface area contributed by atoms with Gasteiger partial charge in [0.1, 0.15) is 0 Å². The summed E-state index contributed by atoms with van der Waals surface area (Å²) in [5.74, 6) is 0.0713. The van der Waals surface area contributed by atoms with Crippen molar-refractivity contribution >= 4 is 45.1 Å². The van der Waals surface area contributed by atoms with Crippen LogP contribution in [-0.2, 0) is 0 Å². The molecule has 0 saturated heterocycles. The van der Waals surface area contributed by atoms with Crippen molar-refractivity contribution in [3.05, 3.63) is 57.5 Å². The first-order valence-electron chi connectivity index (χ1n) is 5.31. The Kier molecular flexibility index (Phi) is 4.74. The molecule has 2 aromatic rings. The lowest BCUT2D eigenvalue weighted by Gasteiger charge is -2.09. The first-order valence-corrected chi connectivity index (χ1v) is 7.30. The Morgan fingerprint density at radius 2 is 1.95 bits per heavy atom.